The highest BCUT2D eigenvalue weighted by molar-refractivity contribution is 7.19. The van der Waals surface area contributed by atoms with Crippen molar-refractivity contribution in [3.63, 3.8) is 0 Å². The van der Waals surface area contributed by atoms with Gasteiger partial charge >= 0.3 is 0 Å². The van der Waals surface area contributed by atoms with Gasteiger partial charge in [0.2, 0.25) is 0 Å². The van der Waals surface area contributed by atoms with Crippen LogP contribution in [0.2, 0.25) is 0 Å². The van der Waals surface area contributed by atoms with Gasteiger partial charge < -0.3 is 0 Å². The van der Waals surface area contributed by atoms with Crippen LogP contribution in [0.25, 0.3) is 10.1 Å². The molecule has 0 atom stereocenters. The Balaban J connectivity index is 2.82. The molecule has 15 heavy (non-hydrogen) atoms. The molecule has 0 aliphatic rings. The van der Waals surface area contributed by atoms with Gasteiger partial charge in [-0.2, -0.15) is 0 Å². The van der Waals surface area contributed by atoms with Crippen molar-refractivity contribution in [3.05, 3.63) is 34.2 Å². The molecular formula is C14H18S. The lowest BCUT2D eigenvalue weighted by Gasteiger charge is -2.17. The Labute approximate surface area is 95.9 Å². The van der Waals surface area contributed by atoms with Crippen LogP contribution in [0.4, 0.5) is 0 Å². The molecule has 0 unspecified atom stereocenters. The summed E-state index contributed by atoms with van der Waals surface area (Å²) < 4.78 is 1.43. The molecule has 0 saturated carbocycles. The van der Waals surface area contributed by atoms with Gasteiger partial charge in [-0.1, -0.05) is 32.9 Å². The fourth-order valence-corrected chi connectivity index (χ4v) is 3.57. The third kappa shape index (κ3) is 1.69. The molecule has 0 nitrogen and oxygen atoms in total. The summed E-state index contributed by atoms with van der Waals surface area (Å²) in [5.41, 5.74) is 3.14. The van der Waals surface area contributed by atoms with Crippen LogP contribution in [-0.4, -0.2) is 0 Å². The number of hydrogen-bond donors (Lipinski definition) is 0. The second-order valence-corrected chi connectivity index (χ2v) is 6.31. The van der Waals surface area contributed by atoms with Crippen molar-refractivity contribution in [2.75, 3.05) is 0 Å². The predicted octanol–water partition coefficient (Wildman–Crippen LogP) is 4.82. The van der Waals surface area contributed by atoms with Crippen LogP contribution < -0.4 is 0 Å². The topological polar surface area (TPSA) is 0 Å². The maximum atomic E-state index is 2.29. The minimum absolute atomic E-state index is 0.264. The van der Waals surface area contributed by atoms with Crippen molar-refractivity contribution in [2.45, 2.75) is 40.0 Å². The molecule has 0 radical (unpaired) electrons. The zero-order valence-electron chi connectivity index (χ0n) is 10.1. The largest absolute Gasteiger partial charge is 0.139 e. The van der Waals surface area contributed by atoms with E-state index in [0.29, 0.717) is 0 Å². The van der Waals surface area contributed by atoms with Crippen LogP contribution in [0.3, 0.4) is 0 Å². The van der Waals surface area contributed by atoms with Crippen LogP contribution >= 0.6 is 11.3 Å². The summed E-state index contributed by atoms with van der Waals surface area (Å²) in [5, 5.41) is 1.47. The summed E-state index contributed by atoms with van der Waals surface area (Å²) in [7, 11) is 0. The second-order valence-electron chi connectivity index (χ2n) is 5.25. The van der Waals surface area contributed by atoms with E-state index in [-0.39, 0.29) is 5.41 Å². The highest BCUT2D eigenvalue weighted by Crippen LogP contribution is 2.39. The van der Waals surface area contributed by atoms with E-state index in [1.807, 2.05) is 11.3 Å². The monoisotopic (exact) mass is 218 g/mol. The molecule has 1 heterocycles. The number of thiophene rings is 1. The van der Waals surface area contributed by atoms with Crippen molar-refractivity contribution >= 4 is 21.4 Å². The lowest BCUT2D eigenvalue weighted by molar-refractivity contribution is 0.601. The van der Waals surface area contributed by atoms with E-state index in [2.05, 4.69) is 52.8 Å². The number of benzene rings is 1. The van der Waals surface area contributed by atoms with E-state index in [9.17, 15) is 0 Å². The quantitative estimate of drug-likeness (QED) is 0.595. The van der Waals surface area contributed by atoms with Gasteiger partial charge in [-0.15, -0.1) is 11.3 Å². The molecule has 2 rings (SSSR count). The van der Waals surface area contributed by atoms with Crippen LogP contribution in [0.15, 0.2) is 18.2 Å². The van der Waals surface area contributed by atoms with Gasteiger partial charge in [-0.25, -0.2) is 0 Å². The van der Waals surface area contributed by atoms with Crippen LogP contribution in [0.5, 0.6) is 0 Å². The number of fused-ring (bicyclic) bond motifs is 1. The van der Waals surface area contributed by atoms with E-state index in [1.54, 1.807) is 0 Å². The summed E-state index contributed by atoms with van der Waals surface area (Å²) in [5.74, 6) is 0. The van der Waals surface area contributed by atoms with Gasteiger partial charge in [0.05, 0.1) is 0 Å². The molecule has 0 N–H and O–H groups in total. The first-order valence-corrected chi connectivity index (χ1v) is 6.22. The van der Waals surface area contributed by atoms with Crippen molar-refractivity contribution in [1.82, 2.24) is 0 Å². The summed E-state index contributed by atoms with van der Waals surface area (Å²) in [6.07, 6.45) is 0. The van der Waals surface area contributed by atoms with Crippen molar-refractivity contribution < 1.29 is 0 Å². The van der Waals surface area contributed by atoms with Gasteiger partial charge in [0.25, 0.3) is 0 Å². The van der Waals surface area contributed by atoms with Crippen LogP contribution in [0, 0.1) is 13.8 Å². The molecule has 1 aromatic heterocycles. The van der Waals surface area contributed by atoms with E-state index < -0.39 is 0 Å². The Morgan fingerprint density at radius 2 is 1.73 bits per heavy atom. The van der Waals surface area contributed by atoms with Crippen LogP contribution in [0.1, 0.15) is 36.8 Å². The predicted molar refractivity (Wildman–Crippen MR) is 70.0 cm³/mol. The van der Waals surface area contributed by atoms with Crippen molar-refractivity contribution in [3.8, 4) is 0 Å². The fraction of sp³-hybridized carbons (Fsp3) is 0.429. The maximum Gasteiger partial charge on any atom is 0.0351 e. The standard InChI is InChI=1S/C14H18S/c1-9-7-6-8-11-12(9)10(2)13(15-11)14(3,4)5/h6-8H,1-5H3. The molecule has 0 spiro atoms. The van der Waals surface area contributed by atoms with Crippen molar-refractivity contribution in [2.24, 2.45) is 0 Å². The highest BCUT2D eigenvalue weighted by atomic mass is 32.1. The third-order valence-electron chi connectivity index (χ3n) is 2.84. The second kappa shape index (κ2) is 3.34. The summed E-state index contributed by atoms with van der Waals surface area (Å²) >= 11 is 1.94. The Kier molecular flexibility index (Phi) is 2.38. The maximum absolute atomic E-state index is 2.29. The first-order valence-electron chi connectivity index (χ1n) is 5.40. The summed E-state index contributed by atoms with van der Waals surface area (Å²) in [6, 6.07) is 6.59. The zero-order valence-corrected chi connectivity index (χ0v) is 11.0. The van der Waals surface area contributed by atoms with Gasteiger partial charge in [0.15, 0.2) is 0 Å². The molecule has 2 aromatic rings. The lowest BCUT2D eigenvalue weighted by atomic mass is 9.90. The van der Waals surface area contributed by atoms with E-state index in [0.717, 1.165) is 0 Å². The first kappa shape index (κ1) is 10.7. The van der Waals surface area contributed by atoms with Gasteiger partial charge in [-0.3, -0.25) is 0 Å². The minimum atomic E-state index is 0.264. The smallest absolute Gasteiger partial charge is 0.0351 e. The van der Waals surface area contributed by atoms with E-state index >= 15 is 0 Å². The average Bonchev–Trinajstić information content (AvgIpc) is 2.44. The molecule has 0 saturated heterocycles. The van der Waals surface area contributed by atoms with Crippen molar-refractivity contribution in [1.29, 1.82) is 0 Å². The van der Waals surface area contributed by atoms with Crippen LogP contribution in [-0.2, 0) is 5.41 Å². The summed E-state index contributed by atoms with van der Waals surface area (Å²) in [6.45, 7) is 11.3. The van der Waals surface area contributed by atoms with Gasteiger partial charge in [0.1, 0.15) is 0 Å². The molecule has 0 amide bonds. The lowest BCUT2D eigenvalue weighted by Crippen LogP contribution is -2.09. The Morgan fingerprint density at radius 3 is 2.27 bits per heavy atom. The van der Waals surface area contributed by atoms with Gasteiger partial charge in [-0.05, 0) is 41.8 Å². The van der Waals surface area contributed by atoms with E-state index in [4.69, 9.17) is 0 Å². The van der Waals surface area contributed by atoms with E-state index in [1.165, 1.54) is 26.1 Å². The fourth-order valence-electron chi connectivity index (χ4n) is 2.22. The molecule has 80 valence electrons. The zero-order chi connectivity index (χ0) is 11.2. The SMILES string of the molecule is Cc1cccc2sc(C(C)(C)C)c(C)c12. The molecule has 0 fully saturated rings. The third-order valence-corrected chi connectivity index (χ3v) is 4.53. The normalized spacial score (nSPS) is 12.3. The Hall–Kier alpha value is -0.820. The number of aryl methyl sites for hydroxylation is 2. The number of hydrogen-bond acceptors (Lipinski definition) is 1. The molecule has 1 heteroatoms. The molecule has 0 aliphatic heterocycles. The Morgan fingerprint density at radius 1 is 1.07 bits per heavy atom. The summed E-state index contributed by atoms with van der Waals surface area (Å²) in [4.78, 5) is 1.52. The molecule has 0 aliphatic carbocycles. The average molecular weight is 218 g/mol. The molecule has 0 bridgehead atoms. The minimum Gasteiger partial charge on any atom is -0.139 e. The molecule has 1 aromatic carbocycles. The molecular weight excluding hydrogens is 200 g/mol. The number of rotatable bonds is 0. The first-order chi connectivity index (χ1) is 6.91. The highest BCUT2D eigenvalue weighted by Gasteiger charge is 2.21. The van der Waals surface area contributed by atoms with Gasteiger partial charge in [0, 0.05) is 9.58 Å². The Bertz CT molecular complexity index is 498.